The van der Waals surface area contributed by atoms with Gasteiger partial charge in [-0.05, 0) is 23.8 Å². The first-order valence-corrected chi connectivity index (χ1v) is 8.55. The third-order valence-electron chi connectivity index (χ3n) is 4.07. The average Bonchev–Trinajstić information content (AvgIpc) is 3.04. The van der Waals surface area contributed by atoms with E-state index in [1.165, 1.54) is 25.2 Å². The van der Waals surface area contributed by atoms with Gasteiger partial charge in [-0.2, -0.15) is 18.3 Å². The summed E-state index contributed by atoms with van der Waals surface area (Å²) in [4.78, 5) is 12.5. The van der Waals surface area contributed by atoms with Crippen molar-refractivity contribution in [2.75, 3.05) is 5.32 Å². The summed E-state index contributed by atoms with van der Waals surface area (Å²) in [6.07, 6.45) is -6.48. The molecule has 1 amide bonds. The minimum atomic E-state index is -4.66. The van der Waals surface area contributed by atoms with E-state index in [9.17, 15) is 26.7 Å². The van der Waals surface area contributed by atoms with Crippen LogP contribution < -0.4 is 5.32 Å². The van der Waals surface area contributed by atoms with Crippen LogP contribution in [-0.2, 0) is 13.2 Å². The van der Waals surface area contributed by atoms with E-state index in [0.29, 0.717) is 0 Å². The largest absolute Gasteiger partial charge is 0.417 e. The highest BCUT2D eigenvalue weighted by Crippen LogP contribution is 2.38. The van der Waals surface area contributed by atoms with Crippen LogP contribution in [0.2, 0.25) is 5.02 Å². The van der Waals surface area contributed by atoms with Crippen LogP contribution in [0.15, 0.2) is 48.7 Å². The number of hydrogen-bond acceptors (Lipinski definition) is 2. The smallest absolute Gasteiger partial charge is 0.321 e. The normalized spacial score (nSPS) is 11.7. The van der Waals surface area contributed by atoms with Gasteiger partial charge >= 0.3 is 6.18 Å². The summed E-state index contributed by atoms with van der Waals surface area (Å²) in [5, 5.41) is 5.58. The Morgan fingerprint density at radius 1 is 1.17 bits per heavy atom. The van der Waals surface area contributed by atoms with Gasteiger partial charge in [-0.15, -0.1) is 0 Å². The van der Waals surface area contributed by atoms with Gasteiger partial charge in [0.15, 0.2) is 0 Å². The summed E-state index contributed by atoms with van der Waals surface area (Å²) in [6.45, 7) is 0. The Labute approximate surface area is 166 Å². The number of carbonyl (C=O) groups is 1. The zero-order valence-corrected chi connectivity index (χ0v) is 15.5. The highest BCUT2D eigenvalue weighted by atomic mass is 35.5. The van der Waals surface area contributed by atoms with Crippen LogP contribution >= 0.6 is 11.6 Å². The number of nitrogens with one attached hydrogen (secondary N) is 1. The van der Waals surface area contributed by atoms with Gasteiger partial charge in [-0.3, -0.25) is 9.48 Å². The lowest BCUT2D eigenvalue weighted by molar-refractivity contribution is -0.137. The van der Waals surface area contributed by atoms with Crippen molar-refractivity contribution >= 4 is 23.2 Å². The molecule has 0 aliphatic heterocycles. The number of carbonyl (C=O) groups excluding carboxylic acids is 1. The van der Waals surface area contributed by atoms with E-state index in [4.69, 9.17) is 11.6 Å². The zero-order valence-electron chi connectivity index (χ0n) is 14.8. The van der Waals surface area contributed by atoms with Crippen molar-refractivity contribution in [2.24, 2.45) is 7.05 Å². The SMILES string of the molecule is Cn1cc(C(=O)Nc2ccccc2-c2ccc(Cl)c(C(F)(F)F)c2)c(C(F)F)n1. The van der Waals surface area contributed by atoms with Gasteiger partial charge < -0.3 is 5.32 Å². The standard InChI is InChI=1S/C19H13ClF5N3O/c1-28-9-12(16(27-28)17(21)22)18(29)26-15-5-3-2-4-11(15)10-6-7-14(20)13(8-10)19(23,24)25/h2-9,17H,1H3,(H,26,29). The lowest BCUT2D eigenvalue weighted by Crippen LogP contribution is -2.14. The molecule has 3 rings (SSSR count). The van der Waals surface area contributed by atoms with Gasteiger partial charge in [0.2, 0.25) is 0 Å². The molecule has 0 spiro atoms. The summed E-state index contributed by atoms with van der Waals surface area (Å²) in [7, 11) is 1.39. The number of halogens is 6. The van der Waals surface area contributed by atoms with Gasteiger partial charge in [0.05, 0.1) is 16.1 Å². The molecule has 0 aliphatic rings. The Morgan fingerprint density at radius 3 is 2.52 bits per heavy atom. The van der Waals surface area contributed by atoms with E-state index in [0.717, 1.165) is 23.0 Å². The topological polar surface area (TPSA) is 46.9 Å². The van der Waals surface area contributed by atoms with E-state index in [1.807, 2.05) is 0 Å². The van der Waals surface area contributed by atoms with Gasteiger partial charge in [0.1, 0.15) is 5.69 Å². The maximum Gasteiger partial charge on any atom is 0.417 e. The third-order valence-corrected chi connectivity index (χ3v) is 4.40. The second-order valence-electron chi connectivity index (χ2n) is 6.09. The first kappa shape index (κ1) is 20.8. The van der Waals surface area contributed by atoms with Gasteiger partial charge in [-0.1, -0.05) is 35.9 Å². The lowest BCUT2D eigenvalue weighted by atomic mass is 10.0. The molecular weight excluding hydrogens is 417 g/mol. The minimum Gasteiger partial charge on any atom is -0.321 e. The number of aryl methyl sites for hydroxylation is 1. The third kappa shape index (κ3) is 4.40. The van der Waals surface area contributed by atoms with Crippen LogP contribution in [0.1, 0.15) is 28.0 Å². The summed E-state index contributed by atoms with van der Waals surface area (Å²) in [5.74, 6) is -0.856. The Bertz CT molecular complexity index is 1060. The van der Waals surface area contributed by atoms with Crippen molar-refractivity contribution in [1.82, 2.24) is 9.78 Å². The fraction of sp³-hybridized carbons (Fsp3) is 0.158. The molecule has 0 saturated carbocycles. The molecule has 1 aromatic heterocycles. The predicted molar refractivity (Wildman–Crippen MR) is 98.0 cm³/mol. The van der Waals surface area contributed by atoms with Crippen molar-refractivity contribution < 1.29 is 26.7 Å². The fourth-order valence-electron chi connectivity index (χ4n) is 2.79. The Hall–Kier alpha value is -2.94. The number of para-hydroxylation sites is 1. The minimum absolute atomic E-state index is 0.150. The Balaban J connectivity index is 2.00. The first-order valence-electron chi connectivity index (χ1n) is 8.17. The first-order chi connectivity index (χ1) is 13.6. The van der Waals surface area contributed by atoms with Crippen molar-refractivity contribution in [2.45, 2.75) is 12.6 Å². The molecule has 3 aromatic rings. The second-order valence-corrected chi connectivity index (χ2v) is 6.50. The molecule has 0 aliphatic carbocycles. The molecule has 1 N–H and O–H groups in total. The molecule has 0 radical (unpaired) electrons. The number of nitrogens with zero attached hydrogens (tertiary/aromatic N) is 2. The van der Waals surface area contributed by atoms with Crippen LogP contribution in [0.4, 0.5) is 27.6 Å². The average molecular weight is 430 g/mol. The quantitative estimate of drug-likeness (QED) is 0.521. The van der Waals surface area contributed by atoms with Crippen molar-refractivity contribution in [3.8, 4) is 11.1 Å². The van der Waals surface area contributed by atoms with Crippen molar-refractivity contribution in [3.05, 3.63) is 70.5 Å². The Kier molecular flexibility index (Phi) is 5.61. The number of hydrogen-bond donors (Lipinski definition) is 1. The summed E-state index contributed by atoms with van der Waals surface area (Å²) >= 11 is 5.65. The summed E-state index contributed by atoms with van der Waals surface area (Å²) in [6, 6.07) is 9.41. The maximum absolute atomic E-state index is 13.2. The van der Waals surface area contributed by atoms with Crippen LogP contribution in [-0.4, -0.2) is 15.7 Å². The van der Waals surface area contributed by atoms with E-state index < -0.39 is 34.8 Å². The molecule has 0 fully saturated rings. The van der Waals surface area contributed by atoms with Crippen LogP contribution in [0.5, 0.6) is 0 Å². The van der Waals surface area contributed by atoms with E-state index in [-0.39, 0.29) is 22.4 Å². The molecule has 0 saturated heterocycles. The van der Waals surface area contributed by atoms with Gasteiger partial charge in [0.25, 0.3) is 12.3 Å². The summed E-state index contributed by atoms with van der Waals surface area (Å²) < 4.78 is 66.8. The van der Waals surface area contributed by atoms with Crippen LogP contribution in [0.3, 0.4) is 0 Å². The molecule has 4 nitrogen and oxygen atoms in total. The summed E-state index contributed by atoms with van der Waals surface area (Å²) in [5.41, 5.74) is -1.47. The monoisotopic (exact) mass is 429 g/mol. The molecule has 1 heterocycles. The molecule has 0 bridgehead atoms. The van der Waals surface area contributed by atoms with E-state index >= 15 is 0 Å². The lowest BCUT2D eigenvalue weighted by Gasteiger charge is -2.14. The number of aromatic nitrogens is 2. The number of rotatable bonds is 4. The predicted octanol–water partition coefficient (Wildman–Crippen LogP) is 5.95. The van der Waals surface area contributed by atoms with Gasteiger partial charge in [0, 0.05) is 24.5 Å². The number of anilines is 1. The number of benzene rings is 2. The second kappa shape index (κ2) is 7.82. The molecular formula is C19H13ClF5N3O. The molecule has 10 heteroatoms. The van der Waals surface area contributed by atoms with E-state index in [2.05, 4.69) is 10.4 Å². The number of alkyl halides is 5. The van der Waals surface area contributed by atoms with Gasteiger partial charge in [-0.25, -0.2) is 8.78 Å². The molecule has 0 atom stereocenters. The van der Waals surface area contributed by atoms with Crippen LogP contribution in [0.25, 0.3) is 11.1 Å². The van der Waals surface area contributed by atoms with Crippen molar-refractivity contribution in [1.29, 1.82) is 0 Å². The maximum atomic E-state index is 13.2. The highest BCUT2D eigenvalue weighted by molar-refractivity contribution is 6.31. The van der Waals surface area contributed by atoms with E-state index in [1.54, 1.807) is 12.1 Å². The number of amides is 1. The molecule has 29 heavy (non-hydrogen) atoms. The van der Waals surface area contributed by atoms with Crippen LogP contribution in [0, 0.1) is 0 Å². The fourth-order valence-corrected chi connectivity index (χ4v) is 3.01. The highest BCUT2D eigenvalue weighted by Gasteiger charge is 2.33. The van der Waals surface area contributed by atoms with Crippen molar-refractivity contribution in [3.63, 3.8) is 0 Å². The Morgan fingerprint density at radius 2 is 1.86 bits per heavy atom. The molecule has 2 aromatic carbocycles. The molecule has 0 unspecified atom stereocenters. The zero-order chi connectivity index (χ0) is 21.3. The molecule has 152 valence electrons.